The number of carbonyl (C=O) groups is 1. The van der Waals surface area contributed by atoms with Gasteiger partial charge in [-0.25, -0.2) is 4.99 Å². The van der Waals surface area contributed by atoms with E-state index in [1.54, 1.807) is 6.07 Å². The molecule has 29 heavy (non-hydrogen) atoms. The van der Waals surface area contributed by atoms with Crippen molar-refractivity contribution in [2.24, 2.45) is 4.99 Å². The summed E-state index contributed by atoms with van der Waals surface area (Å²) < 4.78 is 38.7. The van der Waals surface area contributed by atoms with Crippen LogP contribution in [0.5, 0.6) is 0 Å². The van der Waals surface area contributed by atoms with Crippen LogP contribution in [0.25, 0.3) is 0 Å². The van der Waals surface area contributed by atoms with Gasteiger partial charge in [0.2, 0.25) is 0 Å². The Morgan fingerprint density at radius 2 is 1.93 bits per heavy atom. The van der Waals surface area contributed by atoms with Gasteiger partial charge in [-0.3, -0.25) is 4.79 Å². The van der Waals surface area contributed by atoms with E-state index in [9.17, 15) is 23.1 Å². The molecule has 5 nitrogen and oxygen atoms in total. The fourth-order valence-corrected chi connectivity index (χ4v) is 3.20. The van der Waals surface area contributed by atoms with Gasteiger partial charge in [-0.2, -0.15) is 13.2 Å². The minimum absolute atomic E-state index is 0.113. The molecule has 0 radical (unpaired) electrons. The van der Waals surface area contributed by atoms with Crippen LogP contribution in [0.1, 0.15) is 40.0 Å². The molecule has 0 bridgehead atoms. The summed E-state index contributed by atoms with van der Waals surface area (Å²) in [7, 11) is 3.74. The van der Waals surface area contributed by atoms with Gasteiger partial charge in [-0.15, -0.1) is 0 Å². The number of halogens is 3. The predicted octanol–water partition coefficient (Wildman–Crippen LogP) is 3.71. The lowest BCUT2D eigenvalue weighted by atomic mass is 10.1. The maximum atomic E-state index is 12.9. The molecule has 3 rings (SSSR count). The number of amidine groups is 1. The molecule has 8 heteroatoms. The van der Waals surface area contributed by atoms with Crippen molar-refractivity contribution in [1.82, 2.24) is 10.2 Å². The third-order valence-electron chi connectivity index (χ3n) is 4.96. The third kappa shape index (κ3) is 4.59. The molecule has 2 atom stereocenters. The smallest absolute Gasteiger partial charge is 0.390 e. The fraction of sp³-hybridized carbons (Fsp3) is 0.333. The minimum Gasteiger partial charge on any atom is -0.390 e. The second kappa shape index (κ2) is 7.87. The number of nitrogens with one attached hydrogen (secondary N) is 1. The van der Waals surface area contributed by atoms with Crippen LogP contribution in [-0.2, 0) is 12.6 Å². The topological polar surface area (TPSA) is 64.9 Å². The molecule has 1 amide bonds. The average Bonchev–Trinajstić information content (AvgIpc) is 2.96. The molecule has 2 aromatic rings. The first-order valence-electron chi connectivity index (χ1n) is 9.08. The van der Waals surface area contributed by atoms with Gasteiger partial charge in [-0.05, 0) is 48.4 Å². The molecule has 0 spiro atoms. The maximum Gasteiger partial charge on any atom is 0.416 e. The van der Waals surface area contributed by atoms with Crippen molar-refractivity contribution in [2.75, 3.05) is 14.1 Å². The summed E-state index contributed by atoms with van der Waals surface area (Å²) in [5, 5.41) is 13.1. The van der Waals surface area contributed by atoms with Crippen LogP contribution < -0.4 is 5.32 Å². The van der Waals surface area contributed by atoms with Crippen molar-refractivity contribution in [3.63, 3.8) is 0 Å². The first-order valence-corrected chi connectivity index (χ1v) is 9.08. The molecule has 1 aliphatic carbocycles. The summed E-state index contributed by atoms with van der Waals surface area (Å²) in [5.41, 5.74) is 1.24. The lowest BCUT2D eigenvalue weighted by Crippen LogP contribution is -2.34. The van der Waals surface area contributed by atoms with Gasteiger partial charge in [0.15, 0.2) is 0 Å². The summed E-state index contributed by atoms with van der Waals surface area (Å²) in [6, 6.07) is 8.96. The first-order chi connectivity index (χ1) is 13.6. The summed E-state index contributed by atoms with van der Waals surface area (Å²) in [4.78, 5) is 18.9. The SMILES string of the molecule is CC(=Nc1ccc2c(c1)[C@@H](NC(=O)c1cccc(C(F)(F)F)c1)[C@H](O)C2)N(C)C. The first kappa shape index (κ1) is 20.9. The molecular weight excluding hydrogens is 383 g/mol. The van der Waals surface area contributed by atoms with E-state index in [2.05, 4.69) is 10.3 Å². The molecule has 2 N–H and O–H groups in total. The molecule has 0 aliphatic heterocycles. The Morgan fingerprint density at radius 1 is 1.21 bits per heavy atom. The molecule has 1 aliphatic rings. The number of aliphatic imine (C=N–C) groups is 1. The maximum absolute atomic E-state index is 12.9. The Bertz CT molecular complexity index is 954. The number of amides is 1. The Kier molecular flexibility index (Phi) is 5.66. The number of fused-ring (bicyclic) bond motifs is 1. The molecule has 0 saturated heterocycles. The van der Waals surface area contributed by atoms with Crippen LogP contribution in [0.4, 0.5) is 18.9 Å². The van der Waals surface area contributed by atoms with E-state index in [1.807, 2.05) is 38.1 Å². The number of rotatable bonds is 3. The van der Waals surface area contributed by atoms with Gasteiger partial charge < -0.3 is 15.3 Å². The van der Waals surface area contributed by atoms with E-state index in [0.717, 1.165) is 23.5 Å². The highest BCUT2D eigenvalue weighted by atomic mass is 19.4. The highest BCUT2D eigenvalue weighted by molar-refractivity contribution is 5.94. The third-order valence-corrected chi connectivity index (χ3v) is 4.96. The monoisotopic (exact) mass is 405 g/mol. The molecule has 0 saturated carbocycles. The highest BCUT2D eigenvalue weighted by Gasteiger charge is 2.34. The quantitative estimate of drug-likeness (QED) is 0.605. The van der Waals surface area contributed by atoms with E-state index in [1.165, 1.54) is 12.1 Å². The predicted molar refractivity (Wildman–Crippen MR) is 104 cm³/mol. The van der Waals surface area contributed by atoms with Crippen molar-refractivity contribution in [2.45, 2.75) is 31.7 Å². The Hall–Kier alpha value is -2.87. The summed E-state index contributed by atoms with van der Waals surface area (Å²) >= 11 is 0. The number of carbonyl (C=O) groups excluding carboxylic acids is 1. The van der Waals surface area contributed by atoms with Gasteiger partial charge in [0, 0.05) is 26.1 Å². The Morgan fingerprint density at radius 3 is 2.59 bits per heavy atom. The minimum atomic E-state index is -4.53. The van der Waals surface area contributed by atoms with Gasteiger partial charge in [0.25, 0.3) is 5.91 Å². The molecule has 0 heterocycles. The zero-order chi connectivity index (χ0) is 21.3. The van der Waals surface area contributed by atoms with Crippen molar-refractivity contribution in [3.05, 3.63) is 64.7 Å². The van der Waals surface area contributed by atoms with Crippen LogP contribution >= 0.6 is 0 Å². The molecule has 2 aromatic carbocycles. The van der Waals surface area contributed by atoms with Crippen LogP contribution in [0, 0.1) is 0 Å². The molecule has 154 valence electrons. The zero-order valence-corrected chi connectivity index (χ0v) is 16.3. The molecule has 0 fully saturated rings. The number of hydrogen-bond donors (Lipinski definition) is 2. The highest BCUT2D eigenvalue weighted by Crippen LogP contribution is 2.35. The second-order valence-electron chi connectivity index (χ2n) is 7.24. The number of alkyl halides is 3. The van der Waals surface area contributed by atoms with Crippen LogP contribution in [0.3, 0.4) is 0 Å². The summed E-state index contributed by atoms with van der Waals surface area (Å²) in [6.45, 7) is 1.86. The van der Waals surface area contributed by atoms with Gasteiger partial charge >= 0.3 is 6.18 Å². The van der Waals surface area contributed by atoms with Crippen LogP contribution in [0.2, 0.25) is 0 Å². The number of aliphatic hydroxyl groups is 1. The molecular formula is C21H22F3N3O2. The van der Waals surface area contributed by atoms with Crippen molar-refractivity contribution in [1.29, 1.82) is 0 Å². The number of nitrogens with zero attached hydrogens (tertiary/aromatic N) is 2. The van der Waals surface area contributed by atoms with Gasteiger partial charge in [-0.1, -0.05) is 12.1 Å². The van der Waals surface area contributed by atoms with E-state index < -0.39 is 29.8 Å². The lowest BCUT2D eigenvalue weighted by molar-refractivity contribution is -0.137. The fourth-order valence-electron chi connectivity index (χ4n) is 3.20. The summed E-state index contributed by atoms with van der Waals surface area (Å²) in [6.07, 6.45) is -5.05. The molecule has 0 aromatic heterocycles. The second-order valence-corrected chi connectivity index (χ2v) is 7.24. The zero-order valence-electron chi connectivity index (χ0n) is 16.3. The van der Waals surface area contributed by atoms with E-state index in [0.29, 0.717) is 17.7 Å². The Balaban J connectivity index is 1.86. The van der Waals surface area contributed by atoms with Gasteiger partial charge in [0.05, 0.1) is 23.4 Å². The van der Waals surface area contributed by atoms with E-state index in [-0.39, 0.29) is 5.56 Å². The largest absolute Gasteiger partial charge is 0.416 e. The van der Waals surface area contributed by atoms with Crippen LogP contribution in [-0.4, -0.2) is 41.9 Å². The van der Waals surface area contributed by atoms with E-state index >= 15 is 0 Å². The standard InChI is InChI=1S/C21H22F3N3O2/c1-12(27(2)3)25-16-8-7-13-10-18(28)19(17(13)11-16)26-20(29)14-5-4-6-15(9-14)21(22,23)24/h4-9,11,18-19,28H,10H2,1-3H3,(H,26,29)/t18-,19-/m1/s1. The Labute approximate surface area is 166 Å². The number of benzene rings is 2. The lowest BCUT2D eigenvalue weighted by Gasteiger charge is -2.19. The molecule has 0 unspecified atom stereocenters. The number of aliphatic hydroxyl groups excluding tert-OH is 1. The van der Waals surface area contributed by atoms with Crippen molar-refractivity contribution < 1.29 is 23.1 Å². The van der Waals surface area contributed by atoms with E-state index in [4.69, 9.17) is 0 Å². The number of hydrogen-bond acceptors (Lipinski definition) is 3. The van der Waals surface area contributed by atoms with Crippen molar-refractivity contribution >= 4 is 17.4 Å². The van der Waals surface area contributed by atoms with Gasteiger partial charge in [0.1, 0.15) is 5.84 Å². The average molecular weight is 405 g/mol. The van der Waals surface area contributed by atoms with Crippen LogP contribution in [0.15, 0.2) is 47.5 Å². The summed E-state index contributed by atoms with van der Waals surface area (Å²) in [5.74, 6) is 0.111. The van der Waals surface area contributed by atoms with Crippen molar-refractivity contribution in [3.8, 4) is 0 Å². The normalized spacial score (nSPS) is 19.1.